The van der Waals surface area contributed by atoms with Crippen LogP contribution in [0.3, 0.4) is 0 Å². The molecule has 0 bridgehead atoms. The smallest absolute Gasteiger partial charge is 0.328 e. The van der Waals surface area contributed by atoms with Crippen LogP contribution in [0.4, 0.5) is 0 Å². The predicted octanol–water partition coefficient (Wildman–Crippen LogP) is 2.98. The van der Waals surface area contributed by atoms with Gasteiger partial charge in [-0.3, -0.25) is 24.0 Å². The highest BCUT2D eigenvalue weighted by Crippen LogP contribution is 2.27. The Morgan fingerprint density at radius 3 is 1.96 bits per heavy atom. The van der Waals surface area contributed by atoms with E-state index in [4.69, 9.17) is 4.74 Å². The molecule has 12 nitrogen and oxygen atoms in total. The van der Waals surface area contributed by atoms with Gasteiger partial charge < -0.3 is 31.3 Å². The highest BCUT2D eigenvalue weighted by Gasteiger charge is 2.36. The average molecular weight is 652 g/mol. The van der Waals surface area contributed by atoms with Crippen molar-refractivity contribution in [2.45, 2.75) is 144 Å². The van der Waals surface area contributed by atoms with Gasteiger partial charge in [-0.1, -0.05) is 87.5 Å². The van der Waals surface area contributed by atoms with Crippen LogP contribution < -0.4 is 26.6 Å². The van der Waals surface area contributed by atoms with Crippen molar-refractivity contribution in [1.82, 2.24) is 26.6 Å². The van der Waals surface area contributed by atoms with Crippen LogP contribution in [0.5, 0.6) is 0 Å². The standard InChI is InChI=1S/C34H61N5O7/c1-11-12-13-14-15-21(6)17-22(7)29-23(8)30(41)35-18-27(40)39-28(20(4)5)33(44)38-26(16-19(2)3)32(43)36-24(9)31(42)37-25(10)34(45)46-29/h19-26,28-29H,11-18H2,1-10H3,(H,35,41)(H,36,43)(H,37,42)(H,38,44)(H,39,40)/t21-,22-,23+,24-,25-,26-,28-,29?/m0/s1. The molecule has 1 fully saturated rings. The zero-order chi connectivity index (χ0) is 35.1. The molecule has 1 saturated heterocycles. The summed E-state index contributed by atoms with van der Waals surface area (Å²) in [5.41, 5.74) is 0. The molecule has 5 amide bonds. The Morgan fingerprint density at radius 1 is 0.739 bits per heavy atom. The molecule has 1 aliphatic heterocycles. The van der Waals surface area contributed by atoms with Crippen molar-refractivity contribution in [3.05, 3.63) is 0 Å². The summed E-state index contributed by atoms with van der Waals surface area (Å²) in [6.45, 7) is 17.8. The lowest BCUT2D eigenvalue weighted by molar-refractivity contribution is -0.160. The molecule has 264 valence electrons. The molecule has 46 heavy (non-hydrogen) atoms. The molecule has 1 heterocycles. The topological polar surface area (TPSA) is 172 Å². The van der Waals surface area contributed by atoms with Gasteiger partial charge in [0.2, 0.25) is 29.5 Å². The van der Waals surface area contributed by atoms with E-state index in [1.807, 2.05) is 20.8 Å². The molecule has 0 aromatic rings. The molecule has 0 aliphatic carbocycles. The minimum Gasteiger partial charge on any atom is -0.460 e. The van der Waals surface area contributed by atoms with E-state index in [1.165, 1.54) is 20.3 Å². The number of unbranched alkanes of at least 4 members (excludes halogenated alkanes) is 3. The Labute approximate surface area is 276 Å². The molecule has 12 heteroatoms. The van der Waals surface area contributed by atoms with Crippen molar-refractivity contribution >= 4 is 35.5 Å². The van der Waals surface area contributed by atoms with Crippen molar-refractivity contribution in [3.63, 3.8) is 0 Å². The highest BCUT2D eigenvalue weighted by molar-refractivity contribution is 5.95. The van der Waals surface area contributed by atoms with Gasteiger partial charge in [0.15, 0.2) is 0 Å². The zero-order valence-corrected chi connectivity index (χ0v) is 29.8. The summed E-state index contributed by atoms with van der Waals surface area (Å²) < 4.78 is 5.91. The lowest BCUT2D eigenvalue weighted by Gasteiger charge is -2.31. The quantitative estimate of drug-likeness (QED) is 0.169. The van der Waals surface area contributed by atoms with Gasteiger partial charge in [-0.25, -0.2) is 4.79 Å². The van der Waals surface area contributed by atoms with Crippen LogP contribution in [0.25, 0.3) is 0 Å². The Morgan fingerprint density at radius 2 is 1.37 bits per heavy atom. The lowest BCUT2D eigenvalue weighted by Crippen LogP contribution is -2.58. The molecule has 0 radical (unpaired) electrons. The third-order valence-electron chi connectivity index (χ3n) is 8.54. The first kappa shape index (κ1) is 40.8. The molecule has 1 rings (SSSR count). The van der Waals surface area contributed by atoms with E-state index < -0.39 is 71.7 Å². The molecule has 8 atom stereocenters. The van der Waals surface area contributed by atoms with E-state index in [-0.39, 0.29) is 30.7 Å². The number of rotatable bonds is 11. The van der Waals surface area contributed by atoms with Crippen LogP contribution in [-0.2, 0) is 33.5 Å². The monoisotopic (exact) mass is 651 g/mol. The molecule has 0 aromatic carbocycles. The van der Waals surface area contributed by atoms with Gasteiger partial charge in [0.05, 0.1) is 12.5 Å². The summed E-state index contributed by atoms with van der Waals surface area (Å²) in [7, 11) is 0. The average Bonchev–Trinajstić information content (AvgIpc) is 2.97. The zero-order valence-electron chi connectivity index (χ0n) is 29.8. The van der Waals surface area contributed by atoms with Crippen LogP contribution in [0.2, 0.25) is 0 Å². The lowest BCUT2D eigenvalue weighted by atomic mass is 9.84. The van der Waals surface area contributed by atoms with Gasteiger partial charge in [-0.2, -0.15) is 0 Å². The van der Waals surface area contributed by atoms with E-state index >= 15 is 0 Å². The summed E-state index contributed by atoms with van der Waals surface area (Å²) >= 11 is 0. The van der Waals surface area contributed by atoms with Crippen LogP contribution >= 0.6 is 0 Å². The maximum atomic E-state index is 13.3. The normalized spacial score (nSPS) is 27.7. The summed E-state index contributed by atoms with van der Waals surface area (Å²) in [5, 5.41) is 13.3. The summed E-state index contributed by atoms with van der Waals surface area (Å²) in [5.74, 6) is -4.43. The fourth-order valence-electron chi connectivity index (χ4n) is 5.73. The van der Waals surface area contributed by atoms with E-state index in [1.54, 1.807) is 20.8 Å². The first-order chi connectivity index (χ1) is 21.5. The van der Waals surface area contributed by atoms with E-state index in [0.29, 0.717) is 12.3 Å². The second-order valence-electron chi connectivity index (χ2n) is 14.0. The molecule has 5 N–H and O–H groups in total. The second-order valence-corrected chi connectivity index (χ2v) is 14.0. The van der Waals surface area contributed by atoms with Gasteiger partial charge in [0.1, 0.15) is 30.3 Å². The fraction of sp³-hybridized carbons (Fsp3) is 0.824. The molecule has 1 unspecified atom stereocenters. The van der Waals surface area contributed by atoms with Crippen molar-refractivity contribution < 1.29 is 33.5 Å². The maximum Gasteiger partial charge on any atom is 0.328 e. The first-order valence-corrected chi connectivity index (χ1v) is 17.2. The van der Waals surface area contributed by atoms with Gasteiger partial charge in [-0.05, 0) is 50.4 Å². The number of nitrogens with one attached hydrogen (secondary N) is 5. The number of hydrogen-bond donors (Lipinski definition) is 5. The Hall–Kier alpha value is -3.18. The van der Waals surface area contributed by atoms with Gasteiger partial charge >= 0.3 is 5.97 Å². The number of carbonyl (C=O) groups excluding carboxylic acids is 6. The van der Waals surface area contributed by atoms with Crippen molar-refractivity contribution in [3.8, 4) is 0 Å². The molecule has 0 spiro atoms. The number of cyclic esters (lactones) is 1. The number of ether oxygens (including phenoxy) is 1. The Kier molecular flexibility index (Phi) is 17.9. The minimum absolute atomic E-state index is 0.0280. The van der Waals surface area contributed by atoms with Crippen molar-refractivity contribution in [2.24, 2.45) is 29.6 Å². The third-order valence-corrected chi connectivity index (χ3v) is 8.54. The highest BCUT2D eigenvalue weighted by atomic mass is 16.5. The number of carbonyl (C=O) groups is 6. The maximum absolute atomic E-state index is 13.3. The second kappa shape index (κ2) is 20.1. The molecular formula is C34H61N5O7. The predicted molar refractivity (Wildman–Crippen MR) is 177 cm³/mol. The third kappa shape index (κ3) is 14.1. The largest absolute Gasteiger partial charge is 0.460 e. The van der Waals surface area contributed by atoms with Crippen molar-refractivity contribution in [2.75, 3.05) is 6.54 Å². The summed E-state index contributed by atoms with van der Waals surface area (Å²) in [6, 6.07) is -4.03. The number of amides is 5. The van der Waals surface area contributed by atoms with Crippen molar-refractivity contribution in [1.29, 1.82) is 0 Å². The van der Waals surface area contributed by atoms with Crippen LogP contribution in [-0.4, -0.2) is 72.3 Å². The number of hydrogen-bond acceptors (Lipinski definition) is 7. The van der Waals surface area contributed by atoms with Crippen LogP contribution in [0.15, 0.2) is 0 Å². The first-order valence-electron chi connectivity index (χ1n) is 17.2. The molecule has 0 aromatic heterocycles. The summed E-state index contributed by atoms with van der Waals surface area (Å²) in [6.07, 6.45) is 5.79. The van der Waals surface area contributed by atoms with Gasteiger partial charge in [-0.15, -0.1) is 0 Å². The van der Waals surface area contributed by atoms with E-state index in [9.17, 15) is 28.8 Å². The molecule has 0 saturated carbocycles. The molecular weight excluding hydrogens is 590 g/mol. The van der Waals surface area contributed by atoms with Crippen LogP contribution in [0, 0.1) is 29.6 Å². The minimum atomic E-state index is -1.06. The fourth-order valence-corrected chi connectivity index (χ4v) is 5.73. The SMILES string of the molecule is CCCCCC[C@H](C)C[C@H](C)C1OC(=O)[C@H](C)NC(=O)[C@H](C)NC(=O)[C@H](CC(C)C)NC(=O)[C@H](C(C)C)NC(=O)CNC(=O)[C@@H]1C. The number of esters is 1. The van der Waals surface area contributed by atoms with E-state index in [0.717, 1.165) is 25.7 Å². The Balaban J connectivity index is 3.33. The van der Waals surface area contributed by atoms with Gasteiger partial charge in [0.25, 0.3) is 0 Å². The Bertz CT molecular complexity index is 1030. The van der Waals surface area contributed by atoms with Crippen LogP contribution in [0.1, 0.15) is 114 Å². The summed E-state index contributed by atoms with van der Waals surface area (Å²) in [4.78, 5) is 79.0. The van der Waals surface area contributed by atoms with Gasteiger partial charge in [0, 0.05) is 0 Å². The van der Waals surface area contributed by atoms with E-state index in [2.05, 4.69) is 40.4 Å². The molecule has 1 aliphatic rings.